The largest absolute Gasteiger partial charge is 0.396 e. The SMILES string of the molecule is CCCN(C=O)CCC(C)C.CCN=C1CCCC/C1=C(/N)C(C)=O.Cc1cccc(C)c1C. The van der Waals surface area contributed by atoms with Gasteiger partial charge in [-0.25, -0.2) is 0 Å². The number of carbonyl (C=O) groups excluding carboxylic acids is 2. The molecule has 1 aliphatic rings. The lowest BCUT2D eigenvalue weighted by Gasteiger charge is -2.18. The lowest BCUT2D eigenvalue weighted by molar-refractivity contribution is -0.118. The van der Waals surface area contributed by atoms with Gasteiger partial charge < -0.3 is 10.6 Å². The molecule has 0 unspecified atom stereocenters. The molecule has 0 atom stereocenters. The van der Waals surface area contributed by atoms with Crippen LogP contribution >= 0.6 is 0 Å². The summed E-state index contributed by atoms with van der Waals surface area (Å²) < 4.78 is 0. The van der Waals surface area contributed by atoms with Crippen molar-refractivity contribution >= 4 is 17.9 Å². The molecule has 5 heteroatoms. The van der Waals surface area contributed by atoms with Crippen molar-refractivity contribution < 1.29 is 9.59 Å². The van der Waals surface area contributed by atoms with Crippen molar-refractivity contribution in [2.75, 3.05) is 19.6 Å². The van der Waals surface area contributed by atoms with E-state index in [1.807, 2.05) is 11.8 Å². The lowest BCUT2D eigenvalue weighted by Crippen LogP contribution is -2.24. The van der Waals surface area contributed by atoms with Gasteiger partial charge in [-0.3, -0.25) is 14.6 Å². The Kier molecular flexibility index (Phi) is 16.7. The predicted molar refractivity (Wildman–Crippen MR) is 146 cm³/mol. The Morgan fingerprint density at radius 1 is 1.09 bits per heavy atom. The van der Waals surface area contributed by atoms with Crippen LogP contribution in [0.15, 0.2) is 34.5 Å². The minimum Gasteiger partial charge on any atom is -0.396 e. The van der Waals surface area contributed by atoms with Gasteiger partial charge in [0.05, 0.1) is 5.70 Å². The molecule has 0 aliphatic heterocycles. The standard InChI is InChI=1S/C11H18N2O.C9H19NO.C9H12/c1-3-13-10-7-5-4-6-9(10)11(12)8(2)14;1-4-6-10(8-11)7-5-9(2)3;1-7-5-4-6-8(2)9(7)3/h3-7,12H2,1-2H3;8-9H,4-7H2,1-3H3;4-6H,1-3H3/b11-9-,13-10?;;. The summed E-state index contributed by atoms with van der Waals surface area (Å²) in [4.78, 5) is 27.8. The van der Waals surface area contributed by atoms with Crippen molar-refractivity contribution in [3.8, 4) is 0 Å². The third-order valence-corrected chi connectivity index (χ3v) is 6.02. The topological polar surface area (TPSA) is 75.8 Å². The van der Waals surface area contributed by atoms with Gasteiger partial charge in [-0.05, 0) is 94.4 Å². The van der Waals surface area contributed by atoms with E-state index >= 15 is 0 Å². The van der Waals surface area contributed by atoms with E-state index < -0.39 is 0 Å². The first-order chi connectivity index (χ1) is 16.1. The first-order valence-corrected chi connectivity index (χ1v) is 12.8. The highest BCUT2D eigenvalue weighted by atomic mass is 16.1. The third kappa shape index (κ3) is 12.7. The van der Waals surface area contributed by atoms with E-state index in [4.69, 9.17) is 5.73 Å². The predicted octanol–water partition coefficient (Wildman–Crippen LogP) is 6.34. The van der Waals surface area contributed by atoms with Gasteiger partial charge in [-0.15, -0.1) is 0 Å². The number of allylic oxidation sites excluding steroid dienone is 2. The van der Waals surface area contributed by atoms with Gasteiger partial charge >= 0.3 is 0 Å². The van der Waals surface area contributed by atoms with Gasteiger partial charge in [0.1, 0.15) is 0 Å². The number of nitrogens with zero attached hydrogens (tertiary/aromatic N) is 2. The normalized spacial score (nSPS) is 15.6. The molecule has 2 N–H and O–H groups in total. The fourth-order valence-corrected chi connectivity index (χ4v) is 3.58. The number of benzene rings is 1. The number of carbonyl (C=O) groups is 2. The first kappa shape index (κ1) is 31.6. The van der Waals surface area contributed by atoms with Crippen LogP contribution in [-0.4, -0.2) is 42.4 Å². The molecule has 34 heavy (non-hydrogen) atoms. The van der Waals surface area contributed by atoms with Gasteiger partial charge in [0.15, 0.2) is 5.78 Å². The number of aryl methyl sites for hydroxylation is 2. The van der Waals surface area contributed by atoms with Gasteiger partial charge in [0.25, 0.3) is 0 Å². The highest BCUT2D eigenvalue weighted by molar-refractivity contribution is 6.08. The van der Waals surface area contributed by atoms with E-state index in [1.165, 1.54) is 23.6 Å². The number of Topliss-reactive ketones (excluding diaryl/α,β-unsaturated/α-hetero) is 1. The minimum absolute atomic E-state index is 0.0364. The maximum Gasteiger partial charge on any atom is 0.209 e. The molecular formula is C29H49N3O2. The van der Waals surface area contributed by atoms with Crippen LogP contribution < -0.4 is 5.73 Å². The molecule has 0 saturated heterocycles. The summed E-state index contributed by atoms with van der Waals surface area (Å²) in [6.45, 7) is 19.0. The first-order valence-electron chi connectivity index (χ1n) is 12.8. The van der Waals surface area contributed by atoms with E-state index in [-0.39, 0.29) is 5.78 Å². The highest BCUT2D eigenvalue weighted by Gasteiger charge is 2.17. The molecule has 0 heterocycles. The molecule has 0 radical (unpaired) electrons. The van der Waals surface area contributed by atoms with Crippen molar-refractivity contribution in [3.63, 3.8) is 0 Å². The summed E-state index contributed by atoms with van der Waals surface area (Å²) in [5, 5.41) is 0. The fraction of sp³-hybridized carbons (Fsp3) is 0.621. The zero-order chi connectivity index (χ0) is 26.1. The van der Waals surface area contributed by atoms with Crippen LogP contribution in [0.25, 0.3) is 0 Å². The van der Waals surface area contributed by atoms with Crippen molar-refractivity contribution in [2.24, 2.45) is 16.6 Å². The maximum atomic E-state index is 11.2. The molecule has 2 rings (SSSR count). The van der Waals surface area contributed by atoms with Crippen molar-refractivity contribution in [1.29, 1.82) is 0 Å². The number of ketones is 1. The van der Waals surface area contributed by atoms with Crippen LogP contribution in [0.1, 0.15) is 89.8 Å². The third-order valence-electron chi connectivity index (χ3n) is 6.02. The smallest absolute Gasteiger partial charge is 0.209 e. The average molecular weight is 472 g/mol. The molecule has 1 amide bonds. The molecule has 5 nitrogen and oxygen atoms in total. The molecule has 1 aliphatic carbocycles. The van der Waals surface area contributed by atoms with Gasteiger partial charge in [0.2, 0.25) is 6.41 Å². The quantitative estimate of drug-likeness (QED) is 0.355. The summed E-state index contributed by atoms with van der Waals surface area (Å²) in [5.41, 5.74) is 12.4. The molecule has 0 bridgehead atoms. The summed E-state index contributed by atoms with van der Waals surface area (Å²) in [7, 11) is 0. The monoisotopic (exact) mass is 471 g/mol. The van der Waals surface area contributed by atoms with Gasteiger partial charge in [-0.1, -0.05) is 39.0 Å². The average Bonchev–Trinajstić information content (AvgIpc) is 2.81. The minimum atomic E-state index is -0.0364. The molecule has 192 valence electrons. The zero-order valence-electron chi connectivity index (χ0n) is 23.0. The number of amides is 1. The summed E-state index contributed by atoms with van der Waals surface area (Å²) in [6, 6.07) is 6.38. The fourth-order valence-electron chi connectivity index (χ4n) is 3.58. The van der Waals surface area contributed by atoms with Crippen LogP contribution in [-0.2, 0) is 9.59 Å². The Morgan fingerprint density at radius 3 is 2.12 bits per heavy atom. The second kappa shape index (κ2) is 18.0. The molecule has 1 saturated carbocycles. The molecular weight excluding hydrogens is 422 g/mol. The van der Waals surface area contributed by atoms with Crippen LogP contribution in [0.5, 0.6) is 0 Å². The van der Waals surface area contributed by atoms with Crippen molar-refractivity contribution in [1.82, 2.24) is 4.90 Å². The Hall–Kier alpha value is -2.43. The number of hydrogen-bond acceptors (Lipinski definition) is 4. The summed E-state index contributed by atoms with van der Waals surface area (Å²) >= 11 is 0. The maximum absolute atomic E-state index is 11.2. The molecule has 0 spiro atoms. The van der Waals surface area contributed by atoms with E-state index in [9.17, 15) is 9.59 Å². The van der Waals surface area contributed by atoms with E-state index in [0.717, 1.165) is 75.9 Å². The highest BCUT2D eigenvalue weighted by Crippen LogP contribution is 2.23. The van der Waals surface area contributed by atoms with Crippen LogP contribution in [0.4, 0.5) is 0 Å². The summed E-state index contributed by atoms with van der Waals surface area (Å²) in [5.74, 6) is 0.653. The van der Waals surface area contributed by atoms with Crippen LogP contribution in [0, 0.1) is 26.7 Å². The van der Waals surface area contributed by atoms with E-state index in [1.54, 1.807) is 0 Å². The molecule has 1 aromatic carbocycles. The van der Waals surface area contributed by atoms with Crippen molar-refractivity contribution in [3.05, 3.63) is 46.2 Å². The zero-order valence-corrected chi connectivity index (χ0v) is 23.0. The van der Waals surface area contributed by atoms with E-state index in [0.29, 0.717) is 11.6 Å². The number of rotatable bonds is 8. The number of aliphatic imine (C=N–C) groups is 1. The Morgan fingerprint density at radius 2 is 1.68 bits per heavy atom. The Balaban J connectivity index is 0.000000493. The Bertz CT molecular complexity index is 789. The number of nitrogens with two attached hydrogens (primary N) is 1. The van der Waals surface area contributed by atoms with Crippen LogP contribution in [0.3, 0.4) is 0 Å². The van der Waals surface area contributed by atoms with Crippen LogP contribution in [0.2, 0.25) is 0 Å². The lowest BCUT2D eigenvalue weighted by atomic mass is 9.90. The second-order valence-electron chi connectivity index (χ2n) is 9.42. The van der Waals surface area contributed by atoms with Gasteiger partial charge in [-0.2, -0.15) is 0 Å². The van der Waals surface area contributed by atoms with E-state index in [2.05, 4.69) is 64.7 Å². The summed E-state index contributed by atoms with van der Waals surface area (Å²) in [6.07, 6.45) is 7.27. The molecule has 1 fully saturated rings. The number of hydrogen-bond donors (Lipinski definition) is 1. The van der Waals surface area contributed by atoms with Crippen molar-refractivity contribution in [2.45, 2.75) is 93.9 Å². The Labute approximate surface area is 208 Å². The van der Waals surface area contributed by atoms with Gasteiger partial charge in [0, 0.05) is 32.3 Å². The second-order valence-corrected chi connectivity index (χ2v) is 9.42. The molecule has 0 aromatic heterocycles. The molecule has 1 aromatic rings.